The molecule has 1 fully saturated rings. The van der Waals surface area contributed by atoms with Crippen molar-refractivity contribution in [1.29, 1.82) is 0 Å². The number of aliphatic hydroxyl groups excluding tert-OH is 5. The van der Waals surface area contributed by atoms with Crippen LogP contribution in [0, 0.1) is 0 Å². The number of rotatable bonds is 56. The fraction of sp³-hybridized carbons (Fsp3) is 0.676. The van der Waals surface area contributed by atoms with Gasteiger partial charge in [0.1, 0.15) is 24.4 Å². The maximum atomic E-state index is 13.5. The van der Waals surface area contributed by atoms with Gasteiger partial charge in [-0.15, -0.1) is 0 Å². The molecule has 85 heavy (non-hydrogen) atoms. The Bertz CT molecular complexity index is 1890. The average Bonchev–Trinajstić information content (AvgIpc) is 2.90. The van der Waals surface area contributed by atoms with E-state index in [4.69, 9.17) is 14.2 Å². The van der Waals surface area contributed by atoms with E-state index in [1.165, 1.54) is 64.2 Å². The molecular formula is C74H123NO10. The molecule has 0 aromatic rings. The van der Waals surface area contributed by atoms with Crippen molar-refractivity contribution in [3.8, 4) is 0 Å². The number of esters is 1. The SMILES string of the molecule is CC/C=C\C/C=C\C/C=C\C/C=C\C/C=C\CCCCCCCCCCCC(=O)OC1C(OCC(NC(=O)C(O)CCCCCC/C=C\C/C=C\C/C=C\C/C=C\C/C=C\CC)C(O)/C=C/CCCCCCCCCCC)OC(CO)C(O)C1O. The third kappa shape index (κ3) is 47.5. The summed E-state index contributed by atoms with van der Waals surface area (Å²) in [5, 5.41) is 57.1. The van der Waals surface area contributed by atoms with Gasteiger partial charge in [0.15, 0.2) is 12.4 Å². The van der Waals surface area contributed by atoms with Crippen molar-refractivity contribution in [2.45, 2.75) is 307 Å². The molecule has 0 aromatic heterocycles. The number of carbonyl (C=O) groups excluding carboxylic acids is 2. The van der Waals surface area contributed by atoms with E-state index in [2.05, 4.69) is 148 Å². The van der Waals surface area contributed by atoms with Crippen LogP contribution in [0.4, 0.5) is 0 Å². The second-order valence-corrected chi connectivity index (χ2v) is 22.8. The van der Waals surface area contributed by atoms with Crippen molar-refractivity contribution >= 4 is 11.9 Å². The van der Waals surface area contributed by atoms with Crippen LogP contribution in [-0.4, -0.2) is 99.6 Å². The van der Waals surface area contributed by atoms with E-state index in [0.29, 0.717) is 12.8 Å². The molecule has 6 N–H and O–H groups in total. The van der Waals surface area contributed by atoms with E-state index in [-0.39, 0.29) is 19.4 Å². The lowest BCUT2D eigenvalue weighted by Crippen LogP contribution is -2.61. The van der Waals surface area contributed by atoms with Gasteiger partial charge in [0.25, 0.3) is 0 Å². The second-order valence-electron chi connectivity index (χ2n) is 22.8. The minimum Gasteiger partial charge on any atom is -0.454 e. The van der Waals surface area contributed by atoms with E-state index in [9.17, 15) is 35.1 Å². The summed E-state index contributed by atoms with van der Waals surface area (Å²) in [5.74, 6) is -1.23. The zero-order chi connectivity index (χ0) is 61.7. The molecular weight excluding hydrogens is 1060 g/mol. The molecule has 1 aliphatic rings. The molecule has 0 spiro atoms. The van der Waals surface area contributed by atoms with Gasteiger partial charge in [-0.1, -0.05) is 270 Å². The first kappa shape index (κ1) is 78.8. The van der Waals surface area contributed by atoms with Crippen LogP contribution in [0.2, 0.25) is 0 Å². The van der Waals surface area contributed by atoms with Gasteiger partial charge in [-0.2, -0.15) is 0 Å². The zero-order valence-electron chi connectivity index (χ0n) is 53.7. The topological polar surface area (TPSA) is 175 Å². The van der Waals surface area contributed by atoms with Crippen LogP contribution in [0.5, 0.6) is 0 Å². The molecule has 11 heteroatoms. The van der Waals surface area contributed by atoms with Crippen molar-refractivity contribution in [3.05, 3.63) is 134 Å². The molecule has 484 valence electrons. The first-order chi connectivity index (χ1) is 41.7. The first-order valence-corrected chi connectivity index (χ1v) is 34.0. The molecule has 8 unspecified atom stereocenters. The third-order valence-corrected chi connectivity index (χ3v) is 15.0. The summed E-state index contributed by atoms with van der Waals surface area (Å²) in [6, 6.07) is -1.05. The number of nitrogens with one attached hydrogen (secondary N) is 1. The standard InChI is InChI=1S/C74H123NO10/c1-4-7-10-13-16-19-22-24-26-28-30-32-33-34-35-36-38-40-42-44-47-50-53-56-59-62-69(79)85-72-71(81)70(80)68(63-76)84-74(72)83-64-65(66(77)60-57-54-51-48-45-21-18-15-12-9-6-3)75-73(82)67(78)61-58-55-52-49-46-43-41-39-37-31-29-27-25-23-20-17-14-11-8-5-2/h7-8,10-11,16-17,19-20,24-27,30-32,34-35,37,41,43,57,60,65-68,70-72,74,76-78,80-81H,4-6,9,12-15,18,21-23,28-29,33,36,38-40,42,44-56,58-59,61-64H2,1-3H3,(H,75,82)/b10-7-,11-8-,19-16-,20-17-,26-24-,27-25-,32-30-,35-34-,37-31-,43-41-,60-57+. The highest BCUT2D eigenvalue weighted by atomic mass is 16.7. The molecule has 1 rings (SSSR count). The predicted octanol–water partition coefficient (Wildman–Crippen LogP) is 17.2. The average molecular weight is 1190 g/mol. The van der Waals surface area contributed by atoms with Crippen LogP contribution < -0.4 is 5.32 Å². The highest BCUT2D eigenvalue weighted by Crippen LogP contribution is 2.26. The fourth-order valence-corrected chi connectivity index (χ4v) is 9.76. The van der Waals surface area contributed by atoms with Gasteiger partial charge in [0, 0.05) is 6.42 Å². The van der Waals surface area contributed by atoms with E-state index in [0.717, 1.165) is 148 Å². The Hall–Kier alpha value is -4.20. The molecule has 0 radical (unpaired) electrons. The lowest BCUT2D eigenvalue weighted by molar-refractivity contribution is -0.305. The summed E-state index contributed by atoms with van der Waals surface area (Å²) in [4.78, 5) is 26.6. The van der Waals surface area contributed by atoms with Crippen LogP contribution >= 0.6 is 0 Å². The summed E-state index contributed by atoms with van der Waals surface area (Å²) in [7, 11) is 0. The maximum absolute atomic E-state index is 13.5. The minimum absolute atomic E-state index is 0.106. The summed E-state index contributed by atoms with van der Waals surface area (Å²) in [6.45, 7) is 5.54. The van der Waals surface area contributed by atoms with Crippen LogP contribution in [0.25, 0.3) is 0 Å². The van der Waals surface area contributed by atoms with Crippen molar-refractivity contribution in [1.82, 2.24) is 5.32 Å². The number of hydrogen-bond acceptors (Lipinski definition) is 10. The van der Waals surface area contributed by atoms with Crippen molar-refractivity contribution in [2.24, 2.45) is 0 Å². The quantitative estimate of drug-likeness (QED) is 0.0195. The van der Waals surface area contributed by atoms with Gasteiger partial charge >= 0.3 is 5.97 Å². The van der Waals surface area contributed by atoms with Crippen LogP contribution in [0.15, 0.2) is 134 Å². The Morgan fingerprint density at radius 1 is 0.471 bits per heavy atom. The Kier molecular flexibility index (Phi) is 55.7. The minimum atomic E-state index is -1.63. The molecule has 0 bridgehead atoms. The molecule has 1 aliphatic heterocycles. The molecule has 0 aliphatic carbocycles. The number of amides is 1. The Morgan fingerprint density at radius 3 is 1.27 bits per heavy atom. The highest BCUT2D eigenvalue weighted by molar-refractivity contribution is 5.80. The van der Waals surface area contributed by atoms with Gasteiger partial charge in [0.05, 0.1) is 25.4 Å². The van der Waals surface area contributed by atoms with Crippen molar-refractivity contribution in [2.75, 3.05) is 13.2 Å². The van der Waals surface area contributed by atoms with Gasteiger partial charge in [-0.25, -0.2) is 0 Å². The second kappa shape index (κ2) is 60.1. The van der Waals surface area contributed by atoms with Gasteiger partial charge in [0.2, 0.25) is 5.91 Å². The number of hydrogen-bond donors (Lipinski definition) is 6. The van der Waals surface area contributed by atoms with Gasteiger partial charge < -0.3 is 45.1 Å². The van der Waals surface area contributed by atoms with E-state index >= 15 is 0 Å². The first-order valence-electron chi connectivity index (χ1n) is 34.0. The van der Waals surface area contributed by atoms with Crippen molar-refractivity contribution < 1.29 is 49.3 Å². The smallest absolute Gasteiger partial charge is 0.306 e. The fourth-order valence-electron chi connectivity index (χ4n) is 9.76. The predicted molar refractivity (Wildman–Crippen MR) is 356 cm³/mol. The van der Waals surface area contributed by atoms with Crippen LogP contribution in [-0.2, 0) is 23.8 Å². The summed E-state index contributed by atoms with van der Waals surface area (Å²) in [6.07, 6.45) is 74.8. The number of carbonyl (C=O) groups is 2. The summed E-state index contributed by atoms with van der Waals surface area (Å²) < 4.78 is 17.7. The van der Waals surface area contributed by atoms with Crippen LogP contribution in [0.1, 0.15) is 258 Å². The van der Waals surface area contributed by atoms with E-state index in [1.807, 2.05) is 6.08 Å². The maximum Gasteiger partial charge on any atom is 0.306 e. The third-order valence-electron chi connectivity index (χ3n) is 15.0. The summed E-state index contributed by atoms with van der Waals surface area (Å²) in [5.41, 5.74) is 0. The molecule has 0 aromatic carbocycles. The highest BCUT2D eigenvalue weighted by Gasteiger charge is 2.47. The van der Waals surface area contributed by atoms with E-state index in [1.54, 1.807) is 6.08 Å². The molecule has 1 saturated heterocycles. The molecule has 0 saturated carbocycles. The molecule has 8 atom stereocenters. The van der Waals surface area contributed by atoms with Gasteiger partial charge in [-0.05, 0) is 116 Å². The zero-order valence-corrected chi connectivity index (χ0v) is 53.7. The monoisotopic (exact) mass is 1190 g/mol. The summed E-state index contributed by atoms with van der Waals surface area (Å²) >= 11 is 0. The largest absolute Gasteiger partial charge is 0.454 e. The molecule has 1 amide bonds. The van der Waals surface area contributed by atoms with Crippen molar-refractivity contribution in [3.63, 3.8) is 0 Å². The number of ether oxygens (including phenoxy) is 3. The Morgan fingerprint density at radius 2 is 0.847 bits per heavy atom. The van der Waals surface area contributed by atoms with Crippen LogP contribution in [0.3, 0.4) is 0 Å². The number of unbranched alkanes of at least 4 members (excludes halogenated alkanes) is 22. The Labute approximate surface area is 518 Å². The lowest BCUT2D eigenvalue weighted by Gasteiger charge is -2.41. The van der Waals surface area contributed by atoms with E-state index < -0.39 is 67.4 Å². The number of aliphatic hydroxyl groups is 5. The normalized spacial score (nSPS) is 19.3. The lowest BCUT2D eigenvalue weighted by atomic mass is 9.99. The van der Waals surface area contributed by atoms with Gasteiger partial charge in [-0.3, -0.25) is 9.59 Å². The number of allylic oxidation sites excluding steroid dienone is 21. The Balaban J connectivity index is 2.61. The molecule has 1 heterocycles. The molecule has 11 nitrogen and oxygen atoms in total.